The number of Topliss-reactive ketones (excluding diaryl/α,β-unsaturated/α-hetero) is 1. The van der Waals surface area contributed by atoms with Crippen molar-refractivity contribution >= 4 is 17.4 Å². The number of aromatic nitrogens is 2. The van der Waals surface area contributed by atoms with E-state index in [1.54, 1.807) is 20.2 Å². The fourth-order valence-electron chi connectivity index (χ4n) is 5.27. The minimum absolute atomic E-state index is 0.104. The Hall–Kier alpha value is -2.58. The van der Waals surface area contributed by atoms with Crippen molar-refractivity contribution < 1.29 is 23.6 Å². The summed E-state index contributed by atoms with van der Waals surface area (Å²) in [5, 5.41) is 6.83. The summed E-state index contributed by atoms with van der Waals surface area (Å²) in [6, 6.07) is 3.77. The lowest BCUT2D eigenvalue weighted by Gasteiger charge is -2.35. The highest BCUT2D eigenvalue weighted by Crippen LogP contribution is 2.37. The Morgan fingerprint density at radius 2 is 1.94 bits per heavy atom. The number of ketones is 1. The second-order valence-corrected chi connectivity index (χ2v) is 9.80. The average Bonchev–Trinajstić information content (AvgIpc) is 3.30. The van der Waals surface area contributed by atoms with Crippen LogP contribution in [0, 0.1) is 24.7 Å². The molecule has 0 unspecified atom stereocenters. The number of anilines is 1. The molecule has 1 aliphatic carbocycles. The van der Waals surface area contributed by atoms with E-state index in [1.165, 1.54) is 6.26 Å². The molecule has 2 fully saturated rings. The quantitative estimate of drug-likeness (QED) is 0.560. The second kappa shape index (κ2) is 10.8. The molecule has 2 aromatic heterocycles. The van der Waals surface area contributed by atoms with Crippen LogP contribution in [0.4, 0.5) is 5.69 Å². The summed E-state index contributed by atoms with van der Waals surface area (Å²) in [5.74, 6) is 0.184. The predicted molar refractivity (Wildman–Crippen MR) is 126 cm³/mol. The lowest BCUT2D eigenvalue weighted by atomic mass is 9.74. The van der Waals surface area contributed by atoms with E-state index in [0.717, 1.165) is 44.2 Å². The molecular weight excluding hydrogens is 434 g/mol. The molecule has 1 atom stereocenters. The third kappa shape index (κ3) is 5.39. The van der Waals surface area contributed by atoms with Crippen LogP contribution < -0.4 is 5.32 Å². The first-order valence-corrected chi connectivity index (χ1v) is 12.3. The number of methoxy groups -OCH3 is 1. The molecule has 2 aliphatic rings. The molecule has 34 heavy (non-hydrogen) atoms. The highest BCUT2D eigenvalue weighted by molar-refractivity contribution is 6.01. The van der Waals surface area contributed by atoms with E-state index in [0.29, 0.717) is 36.1 Å². The van der Waals surface area contributed by atoms with Crippen LogP contribution in [0.25, 0.3) is 0 Å². The fraction of sp³-hybridized carbons (Fsp3) is 0.615. The van der Waals surface area contributed by atoms with Crippen molar-refractivity contribution in [2.45, 2.75) is 64.4 Å². The molecule has 0 radical (unpaired) electrons. The van der Waals surface area contributed by atoms with Gasteiger partial charge >= 0.3 is 0 Å². The molecule has 0 spiro atoms. The maximum absolute atomic E-state index is 13.4. The number of hydrogen-bond acceptors (Lipinski definition) is 7. The summed E-state index contributed by atoms with van der Waals surface area (Å²) in [6.45, 7) is 5.26. The van der Waals surface area contributed by atoms with Crippen LogP contribution in [0.5, 0.6) is 0 Å². The summed E-state index contributed by atoms with van der Waals surface area (Å²) in [7, 11) is 1.70. The maximum Gasteiger partial charge on any atom is 0.228 e. The van der Waals surface area contributed by atoms with E-state index < -0.39 is 11.5 Å². The van der Waals surface area contributed by atoms with E-state index in [-0.39, 0.29) is 24.0 Å². The minimum Gasteiger partial charge on any atom is -0.381 e. The number of ether oxygens (including phenoxy) is 2. The van der Waals surface area contributed by atoms with Gasteiger partial charge in [0.15, 0.2) is 5.78 Å². The zero-order valence-corrected chi connectivity index (χ0v) is 20.3. The highest BCUT2D eigenvalue weighted by Gasteiger charge is 2.36. The third-order valence-corrected chi connectivity index (χ3v) is 7.61. The zero-order valence-electron chi connectivity index (χ0n) is 20.3. The molecule has 1 saturated carbocycles. The zero-order chi connectivity index (χ0) is 24.1. The largest absolute Gasteiger partial charge is 0.381 e. The lowest BCUT2D eigenvalue weighted by Crippen LogP contribution is -2.36. The van der Waals surface area contributed by atoms with E-state index >= 15 is 0 Å². The van der Waals surface area contributed by atoms with Crippen molar-refractivity contribution in [3.8, 4) is 0 Å². The van der Waals surface area contributed by atoms with Crippen LogP contribution in [0.2, 0.25) is 0 Å². The molecule has 184 valence electrons. The van der Waals surface area contributed by atoms with Crippen molar-refractivity contribution in [2.24, 2.45) is 17.8 Å². The van der Waals surface area contributed by atoms with Crippen molar-refractivity contribution in [1.29, 1.82) is 0 Å². The number of pyridine rings is 1. The Kier molecular flexibility index (Phi) is 7.78. The van der Waals surface area contributed by atoms with Gasteiger partial charge in [0.25, 0.3) is 0 Å². The predicted octanol–water partition coefficient (Wildman–Crippen LogP) is 4.68. The summed E-state index contributed by atoms with van der Waals surface area (Å²) in [5.41, 5.74) is 2.02. The number of hydrogen-bond donors (Lipinski definition) is 1. The SMILES string of the molecule is COC1(c2ccc(NC(=O)[C@@H](CC(=O)c3conc3C)C3CCC(C)CC3)cn2)CCOCC1. The van der Waals surface area contributed by atoms with E-state index in [9.17, 15) is 9.59 Å². The van der Waals surface area contributed by atoms with Gasteiger partial charge in [0, 0.05) is 45.5 Å². The summed E-state index contributed by atoms with van der Waals surface area (Å²) in [4.78, 5) is 31.0. The number of carbonyl (C=O) groups excluding carboxylic acids is 2. The van der Waals surface area contributed by atoms with Crippen LogP contribution in [0.3, 0.4) is 0 Å². The molecule has 8 heteroatoms. The number of amides is 1. The van der Waals surface area contributed by atoms with Gasteiger partial charge in [-0.05, 0) is 43.7 Å². The van der Waals surface area contributed by atoms with Crippen molar-refractivity contribution in [1.82, 2.24) is 10.1 Å². The van der Waals surface area contributed by atoms with Crippen LogP contribution in [0.15, 0.2) is 29.1 Å². The van der Waals surface area contributed by atoms with Gasteiger partial charge < -0.3 is 19.3 Å². The molecule has 1 saturated heterocycles. The van der Waals surface area contributed by atoms with Gasteiger partial charge in [-0.1, -0.05) is 24.9 Å². The molecule has 8 nitrogen and oxygen atoms in total. The monoisotopic (exact) mass is 469 g/mol. The molecule has 1 N–H and O–H groups in total. The van der Waals surface area contributed by atoms with E-state index in [2.05, 4.69) is 22.4 Å². The molecule has 4 rings (SSSR count). The standard InChI is InChI=1S/C26H35N3O5/c1-17-4-6-19(7-5-17)21(14-23(30)22-16-34-29-18(22)2)25(31)28-20-8-9-24(27-15-20)26(32-3)10-12-33-13-11-26/h8-9,15-17,19,21H,4-7,10-14H2,1-3H3,(H,28,31)/t17?,19?,21-/m0/s1. The van der Waals surface area contributed by atoms with Gasteiger partial charge in [0.1, 0.15) is 11.9 Å². The highest BCUT2D eigenvalue weighted by atomic mass is 16.5. The van der Waals surface area contributed by atoms with Crippen molar-refractivity contribution in [3.63, 3.8) is 0 Å². The Labute approximate surface area is 200 Å². The normalized spacial score (nSPS) is 23.3. The average molecular weight is 470 g/mol. The Bertz CT molecular complexity index is 973. The van der Waals surface area contributed by atoms with Crippen molar-refractivity contribution in [3.05, 3.63) is 41.5 Å². The van der Waals surface area contributed by atoms with Gasteiger partial charge in [-0.15, -0.1) is 0 Å². The van der Waals surface area contributed by atoms with Gasteiger partial charge in [-0.25, -0.2) is 0 Å². The topological polar surface area (TPSA) is 104 Å². The summed E-state index contributed by atoms with van der Waals surface area (Å²) in [6.07, 6.45) is 8.74. The number of rotatable bonds is 8. The van der Waals surface area contributed by atoms with Crippen LogP contribution >= 0.6 is 0 Å². The van der Waals surface area contributed by atoms with E-state index in [4.69, 9.17) is 14.0 Å². The number of nitrogens with one attached hydrogen (secondary N) is 1. The molecule has 0 bridgehead atoms. The van der Waals surface area contributed by atoms with Gasteiger partial charge in [-0.2, -0.15) is 0 Å². The number of aryl methyl sites for hydroxylation is 1. The lowest BCUT2D eigenvalue weighted by molar-refractivity contribution is -0.122. The van der Waals surface area contributed by atoms with Crippen LogP contribution in [-0.4, -0.2) is 42.2 Å². The van der Waals surface area contributed by atoms with Crippen molar-refractivity contribution in [2.75, 3.05) is 25.6 Å². The molecule has 0 aromatic carbocycles. The molecule has 2 aromatic rings. The van der Waals surface area contributed by atoms with Gasteiger partial charge in [-0.3, -0.25) is 14.6 Å². The first-order valence-electron chi connectivity index (χ1n) is 12.3. The Morgan fingerprint density at radius 1 is 1.21 bits per heavy atom. The molecule has 3 heterocycles. The molecule has 1 amide bonds. The summed E-state index contributed by atoms with van der Waals surface area (Å²) >= 11 is 0. The minimum atomic E-state index is -0.453. The number of nitrogens with zero attached hydrogens (tertiary/aromatic N) is 2. The first-order chi connectivity index (χ1) is 16.4. The van der Waals surface area contributed by atoms with Gasteiger partial charge in [0.2, 0.25) is 5.91 Å². The maximum atomic E-state index is 13.4. The first kappa shape index (κ1) is 24.5. The van der Waals surface area contributed by atoms with Gasteiger partial charge in [0.05, 0.1) is 28.8 Å². The Morgan fingerprint density at radius 3 is 2.53 bits per heavy atom. The fourth-order valence-corrected chi connectivity index (χ4v) is 5.27. The van der Waals surface area contributed by atoms with Crippen LogP contribution in [-0.2, 0) is 19.9 Å². The summed E-state index contributed by atoms with van der Waals surface area (Å²) < 4.78 is 16.2. The number of carbonyl (C=O) groups is 2. The molecule has 1 aliphatic heterocycles. The third-order valence-electron chi connectivity index (χ3n) is 7.61. The van der Waals surface area contributed by atoms with E-state index in [1.807, 2.05) is 12.1 Å². The van der Waals surface area contributed by atoms with Crippen LogP contribution in [0.1, 0.15) is 73.6 Å². The molecular formula is C26H35N3O5. The smallest absolute Gasteiger partial charge is 0.228 e. The Balaban J connectivity index is 1.48. The second-order valence-electron chi connectivity index (χ2n) is 9.80.